The molecule has 2 heterocycles. The van der Waals surface area contributed by atoms with Crippen LogP contribution < -0.4 is 5.56 Å². The van der Waals surface area contributed by atoms with Crippen LogP contribution >= 0.6 is 11.6 Å². The van der Waals surface area contributed by atoms with E-state index in [1.54, 1.807) is 6.92 Å². The highest BCUT2D eigenvalue weighted by molar-refractivity contribution is 6.29. The molecule has 2 aromatic heterocycles. The number of hydrogen-bond acceptors (Lipinski definition) is 5. The van der Waals surface area contributed by atoms with Gasteiger partial charge < -0.3 is 0 Å². The lowest BCUT2D eigenvalue weighted by atomic mass is 10.3. The second kappa shape index (κ2) is 4.67. The van der Waals surface area contributed by atoms with E-state index in [2.05, 4.69) is 19.9 Å². The van der Waals surface area contributed by atoms with Crippen LogP contribution in [-0.2, 0) is 13.0 Å². The molecule has 0 aliphatic heterocycles. The Kier molecular flexibility index (Phi) is 3.23. The van der Waals surface area contributed by atoms with E-state index in [1.165, 1.54) is 10.6 Å². The van der Waals surface area contributed by atoms with Crippen LogP contribution in [-0.4, -0.2) is 19.9 Å². The van der Waals surface area contributed by atoms with E-state index < -0.39 is 0 Å². The summed E-state index contributed by atoms with van der Waals surface area (Å²) in [5.74, 6) is 0.616. The van der Waals surface area contributed by atoms with Gasteiger partial charge >= 0.3 is 0 Å². The van der Waals surface area contributed by atoms with E-state index in [0.717, 1.165) is 0 Å². The summed E-state index contributed by atoms with van der Waals surface area (Å²) < 4.78 is 6.11. The van der Waals surface area contributed by atoms with Gasteiger partial charge in [0.25, 0.3) is 5.56 Å². The number of aryl methyl sites for hydroxylation is 2. The summed E-state index contributed by atoms with van der Waals surface area (Å²) in [6.45, 7) is 3.97. The van der Waals surface area contributed by atoms with Gasteiger partial charge in [-0.1, -0.05) is 28.8 Å². The van der Waals surface area contributed by atoms with Crippen molar-refractivity contribution < 1.29 is 4.63 Å². The lowest BCUT2D eigenvalue weighted by Gasteiger charge is -2.08. The van der Waals surface area contributed by atoms with Crippen molar-refractivity contribution in [1.82, 2.24) is 19.9 Å². The van der Waals surface area contributed by atoms with Crippen LogP contribution in [0, 0.1) is 6.92 Å². The Labute approximate surface area is 102 Å². The van der Waals surface area contributed by atoms with E-state index in [9.17, 15) is 4.79 Å². The van der Waals surface area contributed by atoms with Crippen molar-refractivity contribution in [2.24, 2.45) is 0 Å². The van der Waals surface area contributed by atoms with Crippen molar-refractivity contribution in [1.29, 1.82) is 0 Å². The van der Waals surface area contributed by atoms with Gasteiger partial charge in [-0.25, -0.2) is 9.61 Å². The number of aromatic nitrogens is 4. The molecule has 0 radical (unpaired) electrons. The molecule has 0 aliphatic carbocycles. The standard InChI is InChI=1S/C10H11ClN4O2/c1-3-9-12-8(11)4-10(16)15(9)5-7-6(2)13-17-14-7/h4H,3,5H2,1-2H3. The van der Waals surface area contributed by atoms with Crippen LogP contribution in [0.4, 0.5) is 0 Å². The molecule has 0 saturated carbocycles. The summed E-state index contributed by atoms with van der Waals surface area (Å²) in [6.07, 6.45) is 0.611. The number of rotatable bonds is 3. The molecule has 17 heavy (non-hydrogen) atoms. The minimum absolute atomic E-state index is 0.204. The SMILES string of the molecule is CCc1nc(Cl)cc(=O)n1Cc1nonc1C. The molecule has 2 rings (SSSR count). The van der Waals surface area contributed by atoms with E-state index in [4.69, 9.17) is 11.6 Å². The highest BCUT2D eigenvalue weighted by Crippen LogP contribution is 2.07. The maximum Gasteiger partial charge on any atom is 0.255 e. The zero-order chi connectivity index (χ0) is 12.4. The summed E-state index contributed by atoms with van der Waals surface area (Å²) in [4.78, 5) is 15.9. The van der Waals surface area contributed by atoms with Crippen molar-refractivity contribution in [3.8, 4) is 0 Å². The Bertz CT molecular complexity index is 590. The molecular formula is C10H11ClN4O2. The first-order valence-electron chi connectivity index (χ1n) is 5.16. The average Bonchev–Trinajstić information content (AvgIpc) is 2.68. The topological polar surface area (TPSA) is 73.8 Å². The molecule has 0 saturated heterocycles. The van der Waals surface area contributed by atoms with E-state index in [1.807, 2.05) is 6.92 Å². The van der Waals surface area contributed by atoms with Crippen LogP contribution in [0.1, 0.15) is 24.1 Å². The summed E-state index contributed by atoms with van der Waals surface area (Å²) in [6, 6.07) is 1.28. The molecule has 7 heteroatoms. The highest BCUT2D eigenvalue weighted by atomic mass is 35.5. The highest BCUT2D eigenvalue weighted by Gasteiger charge is 2.11. The molecule has 0 spiro atoms. The molecule has 0 aliphatic rings. The van der Waals surface area contributed by atoms with Gasteiger partial charge in [0, 0.05) is 12.5 Å². The van der Waals surface area contributed by atoms with Gasteiger partial charge in [-0.05, 0) is 6.92 Å². The van der Waals surface area contributed by atoms with E-state index in [0.29, 0.717) is 30.2 Å². The molecule has 0 bridgehead atoms. The van der Waals surface area contributed by atoms with Crippen molar-refractivity contribution in [3.05, 3.63) is 38.8 Å². The fourth-order valence-electron chi connectivity index (χ4n) is 1.50. The van der Waals surface area contributed by atoms with Gasteiger partial charge in [0.1, 0.15) is 22.4 Å². The van der Waals surface area contributed by atoms with Crippen LogP contribution in [0.2, 0.25) is 5.15 Å². The Balaban J connectivity index is 2.45. The fraction of sp³-hybridized carbons (Fsp3) is 0.400. The Morgan fingerprint density at radius 1 is 1.47 bits per heavy atom. The van der Waals surface area contributed by atoms with Crippen molar-refractivity contribution >= 4 is 11.6 Å². The Hall–Kier alpha value is -1.69. The summed E-state index contributed by atoms with van der Waals surface area (Å²) in [5.41, 5.74) is 1.07. The molecule has 0 atom stereocenters. The van der Waals surface area contributed by atoms with E-state index in [-0.39, 0.29) is 10.7 Å². The second-order valence-corrected chi connectivity index (χ2v) is 3.96. The Morgan fingerprint density at radius 2 is 2.24 bits per heavy atom. The molecule has 0 fully saturated rings. The second-order valence-electron chi connectivity index (χ2n) is 3.57. The third-order valence-electron chi connectivity index (χ3n) is 2.43. The first-order chi connectivity index (χ1) is 8.11. The monoisotopic (exact) mass is 254 g/mol. The minimum Gasteiger partial charge on any atom is -0.290 e. The van der Waals surface area contributed by atoms with Gasteiger partial charge in [-0.15, -0.1) is 0 Å². The van der Waals surface area contributed by atoms with Crippen LogP contribution in [0.3, 0.4) is 0 Å². The van der Waals surface area contributed by atoms with Crippen molar-refractivity contribution in [3.63, 3.8) is 0 Å². The van der Waals surface area contributed by atoms with Crippen LogP contribution in [0.5, 0.6) is 0 Å². The summed E-state index contributed by atoms with van der Waals surface area (Å²) in [7, 11) is 0. The molecule has 0 aromatic carbocycles. The smallest absolute Gasteiger partial charge is 0.255 e. The fourth-order valence-corrected chi connectivity index (χ4v) is 1.70. The molecule has 6 nitrogen and oxygen atoms in total. The van der Waals surface area contributed by atoms with Crippen LogP contribution in [0.15, 0.2) is 15.5 Å². The number of hydrogen-bond donors (Lipinski definition) is 0. The summed E-state index contributed by atoms with van der Waals surface area (Å²) >= 11 is 5.74. The normalized spacial score (nSPS) is 10.8. The molecule has 2 aromatic rings. The average molecular weight is 255 g/mol. The van der Waals surface area contributed by atoms with Crippen LogP contribution in [0.25, 0.3) is 0 Å². The summed E-state index contributed by atoms with van der Waals surface area (Å²) in [5, 5.41) is 7.62. The molecule has 0 unspecified atom stereocenters. The maximum atomic E-state index is 11.8. The predicted molar refractivity (Wildman–Crippen MR) is 61.0 cm³/mol. The van der Waals surface area contributed by atoms with Gasteiger partial charge in [-0.3, -0.25) is 9.36 Å². The van der Waals surface area contributed by atoms with Gasteiger partial charge in [-0.2, -0.15) is 0 Å². The van der Waals surface area contributed by atoms with Crippen molar-refractivity contribution in [2.45, 2.75) is 26.8 Å². The largest absolute Gasteiger partial charge is 0.290 e. The zero-order valence-corrected chi connectivity index (χ0v) is 10.2. The zero-order valence-electron chi connectivity index (χ0n) is 9.47. The third kappa shape index (κ3) is 2.36. The predicted octanol–water partition coefficient (Wildman–Crippen LogP) is 1.20. The lowest BCUT2D eigenvalue weighted by Crippen LogP contribution is -2.25. The quantitative estimate of drug-likeness (QED) is 0.770. The third-order valence-corrected chi connectivity index (χ3v) is 2.62. The first-order valence-corrected chi connectivity index (χ1v) is 5.54. The number of nitrogens with zero attached hydrogens (tertiary/aromatic N) is 4. The van der Waals surface area contributed by atoms with Gasteiger partial charge in [0.15, 0.2) is 0 Å². The number of halogens is 1. The van der Waals surface area contributed by atoms with Gasteiger partial charge in [0.2, 0.25) is 0 Å². The molecule has 0 amide bonds. The lowest BCUT2D eigenvalue weighted by molar-refractivity contribution is 0.300. The Morgan fingerprint density at radius 3 is 2.82 bits per heavy atom. The molecule has 90 valence electrons. The first kappa shape index (κ1) is 11.8. The molecular weight excluding hydrogens is 244 g/mol. The maximum absolute atomic E-state index is 11.8. The van der Waals surface area contributed by atoms with E-state index >= 15 is 0 Å². The minimum atomic E-state index is -0.204. The molecule has 0 N–H and O–H groups in total. The van der Waals surface area contributed by atoms with Gasteiger partial charge in [0.05, 0.1) is 6.54 Å². The van der Waals surface area contributed by atoms with Crippen molar-refractivity contribution in [2.75, 3.05) is 0 Å².